The number of nitriles is 1. The summed E-state index contributed by atoms with van der Waals surface area (Å²) in [7, 11) is 8.28. The molecule has 0 aliphatic heterocycles. The first kappa shape index (κ1) is 59.9. The predicted octanol–water partition coefficient (Wildman–Crippen LogP) is 10.3. The SMILES string of the molecule is C.C.CN(C)CCCc1ccc(C#N)c(OC2CC3(CC(NC(=O)OCc4ccccc4)C3)C2)c1.CN(C)CCCc1ccc(C(N)=O)c(OC2CC3(CC(NC(=O)OCc4ccccc4)C3)C2)c1.[CH3-].[Pd]. The first-order chi connectivity index (χ1) is 32.3. The van der Waals surface area contributed by atoms with Gasteiger partial charge < -0.3 is 52.5 Å². The van der Waals surface area contributed by atoms with Crippen molar-refractivity contribution < 1.29 is 53.8 Å². The van der Waals surface area contributed by atoms with E-state index in [4.69, 9.17) is 24.7 Å². The number of amides is 3. The third-order valence-corrected chi connectivity index (χ3v) is 13.6. The summed E-state index contributed by atoms with van der Waals surface area (Å²) in [5, 5.41) is 15.4. The minimum Gasteiger partial charge on any atom is -0.490 e. The maximum Gasteiger partial charge on any atom is 0.407 e. The van der Waals surface area contributed by atoms with E-state index in [1.807, 2.05) is 91.0 Å². The van der Waals surface area contributed by atoms with Gasteiger partial charge in [-0.3, -0.25) is 4.79 Å². The topological polar surface area (TPSA) is 168 Å². The normalized spacial score (nSPS) is 21.9. The van der Waals surface area contributed by atoms with E-state index in [-0.39, 0.29) is 103 Å². The van der Waals surface area contributed by atoms with Crippen molar-refractivity contribution in [2.45, 2.75) is 129 Å². The van der Waals surface area contributed by atoms with Crippen LogP contribution >= 0.6 is 0 Å². The van der Waals surface area contributed by atoms with E-state index in [0.717, 1.165) is 107 Å². The molecule has 0 aromatic heterocycles. The van der Waals surface area contributed by atoms with E-state index in [2.05, 4.69) is 54.7 Å². The number of hydrogen-bond donors (Lipinski definition) is 3. The van der Waals surface area contributed by atoms with E-state index in [1.165, 1.54) is 5.56 Å². The Labute approximate surface area is 438 Å². The van der Waals surface area contributed by atoms with Crippen molar-refractivity contribution in [1.82, 2.24) is 20.4 Å². The van der Waals surface area contributed by atoms with Crippen LogP contribution in [-0.2, 0) is 56.0 Å². The Balaban J connectivity index is 0.000000355. The van der Waals surface area contributed by atoms with Gasteiger partial charge in [-0.05, 0) is 176 Å². The van der Waals surface area contributed by atoms with Gasteiger partial charge in [-0.25, -0.2) is 9.59 Å². The van der Waals surface area contributed by atoms with E-state index >= 15 is 0 Å². The minimum absolute atomic E-state index is 0. The molecule has 4 aliphatic rings. The van der Waals surface area contributed by atoms with Gasteiger partial charge in [0.2, 0.25) is 0 Å². The number of benzene rings is 4. The predicted molar refractivity (Wildman–Crippen MR) is 277 cm³/mol. The Morgan fingerprint density at radius 3 is 1.44 bits per heavy atom. The number of hydrogen-bond acceptors (Lipinski definition) is 10. The Morgan fingerprint density at radius 2 is 1.03 bits per heavy atom. The van der Waals surface area contributed by atoms with Gasteiger partial charge in [0.05, 0.1) is 23.3 Å². The summed E-state index contributed by atoms with van der Waals surface area (Å²) in [6, 6.07) is 33.6. The second-order valence-corrected chi connectivity index (χ2v) is 19.9. The second-order valence-electron chi connectivity index (χ2n) is 19.9. The van der Waals surface area contributed by atoms with Gasteiger partial charge >= 0.3 is 12.2 Å². The van der Waals surface area contributed by atoms with Crippen LogP contribution < -0.4 is 25.8 Å². The van der Waals surface area contributed by atoms with Crippen LogP contribution in [0.25, 0.3) is 0 Å². The number of alkyl carbamates (subject to hydrolysis) is 2. The van der Waals surface area contributed by atoms with Crippen molar-refractivity contribution >= 4 is 18.1 Å². The molecule has 4 aromatic carbocycles. The summed E-state index contributed by atoms with van der Waals surface area (Å²) in [5.74, 6) is 0.831. The number of nitrogens with zero attached hydrogens (tertiary/aromatic N) is 3. The van der Waals surface area contributed by atoms with Crippen LogP contribution in [0.2, 0.25) is 0 Å². The van der Waals surface area contributed by atoms with Crippen molar-refractivity contribution in [3.8, 4) is 17.6 Å². The number of carbonyl (C=O) groups excluding carboxylic acids is 3. The summed E-state index contributed by atoms with van der Waals surface area (Å²) < 4.78 is 23.1. The molecule has 4 fully saturated rings. The maximum atomic E-state index is 12.1. The molecule has 8 rings (SSSR count). The van der Waals surface area contributed by atoms with Crippen molar-refractivity contribution in [2.75, 3.05) is 41.3 Å². The average molecular weight is 1070 g/mol. The van der Waals surface area contributed by atoms with Crippen LogP contribution in [0.1, 0.15) is 117 Å². The number of nitrogens with one attached hydrogen (secondary N) is 2. The summed E-state index contributed by atoms with van der Waals surface area (Å²) >= 11 is 0. The third kappa shape index (κ3) is 17.4. The molecule has 4 saturated carbocycles. The average Bonchev–Trinajstić information content (AvgIpc) is 3.25. The molecule has 71 heavy (non-hydrogen) atoms. The fourth-order valence-corrected chi connectivity index (χ4v) is 10.2. The fourth-order valence-electron chi connectivity index (χ4n) is 10.2. The number of nitrogens with two attached hydrogens (primary N) is 1. The molecule has 14 heteroatoms. The number of primary amides is 1. The quantitative estimate of drug-likeness (QED) is 0.0607. The molecule has 0 radical (unpaired) electrons. The van der Waals surface area contributed by atoms with Crippen molar-refractivity contribution in [3.05, 3.63) is 138 Å². The van der Waals surface area contributed by atoms with Crippen LogP contribution in [0.5, 0.6) is 11.5 Å². The monoisotopic (exact) mass is 1070 g/mol. The molecular formula is C57H79N6O7Pd-. The van der Waals surface area contributed by atoms with Gasteiger partial charge in [0, 0.05) is 32.5 Å². The summed E-state index contributed by atoms with van der Waals surface area (Å²) in [6.07, 6.45) is 11.1. The first-order valence-electron chi connectivity index (χ1n) is 23.8. The second kappa shape index (κ2) is 28.0. The molecule has 2 spiro atoms. The van der Waals surface area contributed by atoms with Gasteiger partial charge in [0.15, 0.2) is 0 Å². The molecule has 4 N–H and O–H groups in total. The summed E-state index contributed by atoms with van der Waals surface area (Å²) in [5.41, 5.74) is 11.4. The van der Waals surface area contributed by atoms with Crippen LogP contribution in [0, 0.1) is 29.6 Å². The zero-order chi connectivity index (χ0) is 47.4. The van der Waals surface area contributed by atoms with Crippen molar-refractivity contribution in [2.24, 2.45) is 16.6 Å². The Kier molecular flexibility index (Phi) is 23.6. The van der Waals surface area contributed by atoms with Crippen LogP contribution in [0.3, 0.4) is 0 Å². The summed E-state index contributed by atoms with van der Waals surface area (Å²) in [6.45, 7) is 2.61. The van der Waals surface area contributed by atoms with Crippen LogP contribution in [0.4, 0.5) is 9.59 Å². The van der Waals surface area contributed by atoms with E-state index in [9.17, 15) is 19.6 Å². The number of ether oxygens (including phenoxy) is 4. The maximum absolute atomic E-state index is 12.1. The fraction of sp³-hybridized carbons (Fsp3) is 0.491. The Morgan fingerprint density at radius 1 is 0.620 bits per heavy atom. The zero-order valence-electron chi connectivity index (χ0n) is 41.0. The minimum atomic E-state index is -0.467. The molecule has 0 heterocycles. The van der Waals surface area contributed by atoms with Crippen LogP contribution in [-0.4, -0.2) is 93.5 Å². The molecule has 0 saturated heterocycles. The van der Waals surface area contributed by atoms with Crippen molar-refractivity contribution in [1.29, 1.82) is 5.26 Å². The molecular weight excluding hydrogens is 987 g/mol. The summed E-state index contributed by atoms with van der Waals surface area (Å²) in [4.78, 5) is 40.4. The molecule has 390 valence electrons. The standard InChI is InChI=1S/C27H35N3O4.C27H33N3O3.2CH4.CH3.Pd/c1-30(2)12-6-9-19-10-11-23(25(28)31)24(13-19)34-22-16-27(17-22)14-21(15-27)29-26(32)33-18-20-7-4-3-5-8-20;1-30(2)12-6-9-20-10-11-22(18-28)25(13-20)33-24-16-27(17-24)14-23(15-27)29-26(31)32-19-21-7-4-3-5-8-21;;;;/h3-5,7-8,10-11,13,21-22H,6,9,12,14-18H2,1-2H3,(H2,28,31)(H,29,32);3-5,7-8,10-11,13,23-24H,6,9,12,14-17,19H2,1-2H3,(H,29,31);2*1H4;1H3;/q;;;;-1;. The molecule has 3 amide bonds. The third-order valence-electron chi connectivity index (χ3n) is 13.6. The number of aryl methyl sites for hydroxylation is 2. The first-order valence-corrected chi connectivity index (χ1v) is 23.8. The molecule has 0 unspecified atom stereocenters. The van der Waals surface area contributed by atoms with Gasteiger partial charge in [0.25, 0.3) is 5.91 Å². The van der Waals surface area contributed by atoms with Gasteiger partial charge in [-0.2, -0.15) is 5.26 Å². The number of carbonyl (C=O) groups is 3. The van der Waals surface area contributed by atoms with E-state index in [1.54, 1.807) is 6.07 Å². The Hall–Kier alpha value is -5.44. The van der Waals surface area contributed by atoms with Gasteiger partial charge in [-0.1, -0.05) is 87.6 Å². The smallest absolute Gasteiger partial charge is 0.407 e. The molecule has 13 nitrogen and oxygen atoms in total. The molecule has 0 bridgehead atoms. The number of rotatable bonds is 19. The molecule has 0 atom stereocenters. The van der Waals surface area contributed by atoms with Crippen molar-refractivity contribution in [3.63, 3.8) is 0 Å². The van der Waals surface area contributed by atoms with Crippen LogP contribution in [0.15, 0.2) is 97.1 Å². The van der Waals surface area contributed by atoms with E-state index in [0.29, 0.717) is 22.6 Å². The molecule has 4 aromatic rings. The van der Waals surface area contributed by atoms with E-state index < -0.39 is 5.91 Å². The Bertz CT molecular complexity index is 2310. The largest absolute Gasteiger partial charge is 0.490 e. The van der Waals surface area contributed by atoms with Gasteiger partial charge in [0.1, 0.15) is 30.8 Å². The molecule has 4 aliphatic carbocycles. The van der Waals surface area contributed by atoms with Gasteiger partial charge in [-0.15, -0.1) is 0 Å². The zero-order valence-corrected chi connectivity index (χ0v) is 42.5.